The summed E-state index contributed by atoms with van der Waals surface area (Å²) < 4.78 is 26.5. The molecule has 13 heavy (non-hydrogen) atoms. The van der Waals surface area contributed by atoms with Gasteiger partial charge in [0.05, 0.1) is 12.0 Å². The molecule has 1 aromatic carbocycles. The van der Waals surface area contributed by atoms with Gasteiger partial charge in [0.25, 0.3) is 10.1 Å². The zero-order valence-corrected chi connectivity index (χ0v) is 8.17. The number of hydrogen-bond acceptors (Lipinski definition) is 3. The van der Waals surface area contributed by atoms with Crippen LogP contribution in [-0.2, 0) is 14.3 Å². The van der Waals surface area contributed by atoms with Gasteiger partial charge in [-0.05, 0) is 19.1 Å². The second-order valence-corrected chi connectivity index (χ2v) is 4.15. The van der Waals surface area contributed by atoms with Crippen molar-refractivity contribution >= 4 is 10.1 Å². The smallest absolute Gasteiger partial charge is 0.270 e. The maximum atomic E-state index is 11.1. The molecule has 0 aliphatic rings. The van der Waals surface area contributed by atoms with Gasteiger partial charge < -0.3 is 0 Å². The van der Waals surface area contributed by atoms with Crippen LogP contribution < -0.4 is 0 Å². The van der Waals surface area contributed by atoms with Crippen molar-refractivity contribution in [3.05, 3.63) is 29.8 Å². The standard InChI is InChI=1S/C8H10O3S.FH/c1-7-3-5-8(6-4-7)12(9,10)11-2;/h3-6H,1-2H3;1H. The molecule has 0 atom stereocenters. The van der Waals surface area contributed by atoms with Gasteiger partial charge in [-0.25, -0.2) is 0 Å². The van der Waals surface area contributed by atoms with Gasteiger partial charge in [0.2, 0.25) is 0 Å². The van der Waals surface area contributed by atoms with Crippen molar-refractivity contribution in [3.63, 3.8) is 0 Å². The average molecular weight is 206 g/mol. The van der Waals surface area contributed by atoms with E-state index in [1.165, 1.54) is 12.1 Å². The summed E-state index contributed by atoms with van der Waals surface area (Å²) >= 11 is 0. The lowest BCUT2D eigenvalue weighted by Gasteiger charge is -2.00. The van der Waals surface area contributed by atoms with E-state index in [9.17, 15) is 8.42 Å². The molecule has 0 aliphatic heterocycles. The van der Waals surface area contributed by atoms with Gasteiger partial charge in [-0.3, -0.25) is 8.89 Å². The van der Waals surface area contributed by atoms with Crippen LogP contribution in [0.1, 0.15) is 5.56 Å². The molecule has 0 radical (unpaired) electrons. The molecule has 5 heteroatoms. The predicted molar refractivity (Wildman–Crippen MR) is 47.9 cm³/mol. The van der Waals surface area contributed by atoms with E-state index in [4.69, 9.17) is 0 Å². The first-order valence-electron chi connectivity index (χ1n) is 3.43. The quantitative estimate of drug-likeness (QED) is 0.688. The lowest BCUT2D eigenvalue weighted by atomic mass is 10.2. The van der Waals surface area contributed by atoms with E-state index in [1.807, 2.05) is 6.92 Å². The Morgan fingerprint density at radius 3 is 2.00 bits per heavy atom. The third-order valence-corrected chi connectivity index (χ3v) is 2.82. The third kappa shape index (κ3) is 2.78. The summed E-state index contributed by atoms with van der Waals surface area (Å²) in [6.07, 6.45) is 0. The van der Waals surface area contributed by atoms with Gasteiger partial charge in [0.15, 0.2) is 0 Å². The SMILES string of the molecule is COS(=O)(=O)c1ccc(C)cc1.F. The molecule has 1 rings (SSSR count). The molecule has 0 fully saturated rings. The van der Waals surface area contributed by atoms with Crippen molar-refractivity contribution in [1.29, 1.82) is 0 Å². The van der Waals surface area contributed by atoms with Crippen LogP contribution in [0.2, 0.25) is 0 Å². The van der Waals surface area contributed by atoms with Crippen LogP contribution in [0.25, 0.3) is 0 Å². The minimum absolute atomic E-state index is 0. The number of aryl methyl sites for hydroxylation is 1. The van der Waals surface area contributed by atoms with Crippen molar-refractivity contribution in [1.82, 2.24) is 0 Å². The Morgan fingerprint density at radius 1 is 1.15 bits per heavy atom. The molecule has 1 aromatic rings. The topological polar surface area (TPSA) is 43.4 Å². The van der Waals surface area contributed by atoms with Crippen LogP contribution in [0.4, 0.5) is 4.70 Å². The summed E-state index contributed by atoms with van der Waals surface area (Å²) in [6, 6.07) is 6.50. The fourth-order valence-electron chi connectivity index (χ4n) is 0.801. The largest absolute Gasteiger partial charge is 0.296 e. The van der Waals surface area contributed by atoms with Crippen molar-refractivity contribution < 1.29 is 17.3 Å². The van der Waals surface area contributed by atoms with Crippen LogP contribution >= 0.6 is 0 Å². The first-order valence-corrected chi connectivity index (χ1v) is 4.84. The summed E-state index contributed by atoms with van der Waals surface area (Å²) in [5.74, 6) is 0. The first-order chi connectivity index (χ1) is 5.56. The molecule has 0 amide bonds. The van der Waals surface area contributed by atoms with E-state index in [1.54, 1.807) is 12.1 Å². The van der Waals surface area contributed by atoms with Crippen LogP contribution in [0.15, 0.2) is 29.2 Å². The highest BCUT2D eigenvalue weighted by Gasteiger charge is 2.10. The molecule has 0 unspecified atom stereocenters. The highest BCUT2D eigenvalue weighted by atomic mass is 32.2. The Labute approximate surface area is 76.8 Å². The summed E-state index contributed by atoms with van der Waals surface area (Å²) in [7, 11) is -2.37. The molecule has 3 nitrogen and oxygen atoms in total. The lowest BCUT2D eigenvalue weighted by Crippen LogP contribution is -2.02. The molecular weight excluding hydrogens is 195 g/mol. The summed E-state index contributed by atoms with van der Waals surface area (Å²) in [4.78, 5) is 0.190. The first kappa shape index (κ1) is 12.1. The predicted octanol–water partition coefficient (Wildman–Crippen LogP) is 1.48. The zero-order valence-electron chi connectivity index (χ0n) is 7.35. The Bertz CT molecular complexity index is 355. The Morgan fingerprint density at radius 2 is 1.62 bits per heavy atom. The molecule has 74 valence electrons. The van der Waals surface area contributed by atoms with Gasteiger partial charge in [0.1, 0.15) is 0 Å². The van der Waals surface area contributed by atoms with Gasteiger partial charge in [0, 0.05) is 0 Å². The monoisotopic (exact) mass is 206 g/mol. The highest BCUT2D eigenvalue weighted by Crippen LogP contribution is 2.11. The second-order valence-electron chi connectivity index (χ2n) is 2.43. The van der Waals surface area contributed by atoms with Crippen LogP contribution in [0.5, 0.6) is 0 Å². The molecule has 0 spiro atoms. The highest BCUT2D eigenvalue weighted by molar-refractivity contribution is 7.86. The molecule has 0 saturated carbocycles. The number of rotatable bonds is 2. The molecule has 0 aromatic heterocycles. The van der Waals surface area contributed by atoms with Gasteiger partial charge >= 0.3 is 0 Å². The summed E-state index contributed by atoms with van der Waals surface area (Å²) in [6.45, 7) is 1.89. The van der Waals surface area contributed by atoms with Crippen LogP contribution in [-0.4, -0.2) is 15.5 Å². The Kier molecular flexibility index (Phi) is 4.03. The van der Waals surface area contributed by atoms with Gasteiger partial charge in [-0.2, -0.15) is 8.42 Å². The number of halogens is 1. The fourth-order valence-corrected chi connectivity index (χ4v) is 1.46. The van der Waals surface area contributed by atoms with E-state index in [-0.39, 0.29) is 9.60 Å². The minimum Gasteiger partial charge on any atom is -0.270 e. The van der Waals surface area contributed by atoms with Gasteiger partial charge in [-0.1, -0.05) is 17.7 Å². The molecular formula is C8H11FO3S. The van der Waals surface area contributed by atoms with Crippen LogP contribution in [0.3, 0.4) is 0 Å². The normalized spacial score (nSPS) is 10.6. The second kappa shape index (κ2) is 4.34. The maximum Gasteiger partial charge on any atom is 0.296 e. The maximum absolute atomic E-state index is 11.1. The van der Waals surface area contributed by atoms with Crippen molar-refractivity contribution in [2.45, 2.75) is 11.8 Å². The van der Waals surface area contributed by atoms with Crippen molar-refractivity contribution in [2.24, 2.45) is 0 Å². The molecule has 0 heterocycles. The van der Waals surface area contributed by atoms with E-state index in [0.29, 0.717) is 0 Å². The molecule has 0 saturated heterocycles. The van der Waals surface area contributed by atoms with Gasteiger partial charge in [-0.15, -0.1) is 0 Å². The number of benzene rings is 1. The molecule has 0 N–H and O–H groups in total. The fraction of sp³-hybridized carbons (Fsp3) is 0.250. The zero-order chi connectivity index (χ0) is 9.19. The van der Waals surface area contributed by atoms with E-state index < -0.39 is 10.1 Å². The Balaban J connectivity index is 0.00000144. The lowest BCUT2D eigenvalue weighted by molar-refractivity contribution is 0.398. The van der Waals surface area contributed by atoms with E-state index >= 15 is 0 Å². The molecule has 0 bridgehead atoms. The molecule has 0 aliphatic carbocycles. The van der Waals surface area contributed by atoms with E-state index in [0.717, 1.165) is 12.7 Å². The Hall–Kier alpha value is -0.940. The summed E-state index contributed by atoms with van der Waals surface area (Å²) in [5, 5.41) is 0. The number of hydrogen-bond donors (Lipinski definition) is 0. The minimum atomic E-state index is -3.51. The van der Waals surface area contributed by atoms with Crippen molar-refractivity contribution in [3.8, 4) is 0 Å². The average Bonchev–Trinajstić information content (AvgIpc) is 2.05. The van der Waals surface area contributed by atoms with E-state index in [2.05, 4.69) is 4.18 Å². The summed E-state index contributed by atoms with van der Waals surface area (Å²) in [5.41, 5.74) is 1.02. The van der Waals surface area contributed by atoms with Crippen LogP contribution in [0, 0.1) is 6.92 Å². The van der Waals surface area contributed by atoms with Crippen molar-refractivity contribution in [2.75, 3.05) is 7.11 Å². The third-order valence-electron chi connectivity index (χ3n) is 1.53.